The summed E-state index contributed by atoms with van der Waals surface area (Å²) in [6.45, 7) is -0.488. The third kappa shape index (κ3) is 2.32. The van der Waals surface area contributed by atoms with Crippen LogP contribution < -0.4 is 11.2 Å². The molecule has 1 aliphatic rings. The van der Waals surface area contributed by atoms with E-state index in [1.165, 1.54) is 7.11 Å². The number of H-pyrrole nitrogens is 1. The van der Waals surface area contributed by atoms with Gasteiger partial charge in [-0.25, -0.2) is 4.79 Å². The van der Waals surface area contributed by atoms with Crippen LogP contribution in [0.15, 0.2) is 15.8 Å². The van der Waals surface area contributed by atoms with E-state index < -0.39 is 48.2 Å². The maximum absolute atomic E-state index is 13.2. The Morgan fingerprint density at radius 2 is 2.26 bits per heavy atom. The van der Waals surface area contributed by atoms with E-state index in [2.05, 4.69) is 0 Å². The Bertz CT molecular complexity index is 570. The van der Waals surface area contributed by atoms with Crippen molar-refractivity contribution in [3.8, 4) is 0 Å². The highest BCUT2D eigenvalue weighted by Gasteiger charge is 2.45. The molecule has 1 fully saturated rings. The van der Waals surface area contributed by atoms with Gasteiger partial charge in [-0.15, -0.1) is 0 Å². The molecule has 1 saturated heterocycles. The van der Waals surface area contributed by atoms with Crippen molar-refractivity contribution in [1.29, 1.82) is 0 Å². The first-order valence-electron chi connectivity index (χ1n) is 5.47. The summed E-state index contributed by atoms with van der Waals surface area (Å²) < 4.78 is 24.2. The first-order chi connectivity index (χ1) is 8.99. The summed E-state index contributed by atoms with van der Waals surface area (Å²) in [7, 11) is 1.27. The number of ether oxygens (including phenoxy) is 2. The van der Waals surface area contributed by atoms with Crippen LogP contribution >= 0.6 is 0 Å². The van der Waals surface area contributed by atoms with E-state index in [4.69, 9.17) is 14.6 Å². The Kier molecular flexibility index (Phi) is 3.80. The minimum atomic E-state index is -1.18. The van der Waals surface area contributed by atoms with Gasteiger partial charge in [0.2, 0.25) is 5.82 Å². The van der Waals surface area contributed by atoms with Crippen LogP contribution in [0.4, 0.5) is 4.39 Å². The Morgan fingerprint density at radius 1 is 1.58 bits per heavy atom. The second-order valence-electron chi connectivity index (χ2n) is 4.08. The molecule has 2 rings (SSSR count). The number of aromatic nitrogens is 2. The number of halogens is 1. The van der Waals surface area contributed by atoms with Crippen LogP contribution in [0, 0.1) is 5.82 Å². The average molecular weight is 276 g/mol. The van der Waals surface area contributed by atoms with Crippen molar-refractivity contribution >= 4 is 0 Å². The van der Waals surface area contributed by atoms with Crippen LogP contribution in [0.5, 0.6) is 0 Å². The van der Waals surface area contributed by atoms with Crippen molar-refractivity contribution in [2.24, 2.45) is 0 Å². The first-order valence-corrected chi connectivity index (χ1v) is 5.47. The smallest absolute Gasteiger partial charge is 0.330 e. The molecular formula is C10H13FN2O6. The lowest BCUT2D eigenvalue weighted by Gasteiger charge is -2.20. The Labute approximate surface area is 106 Å². The second-order valence-corrected chi connectivity index (χ2v) is 4.08. The lowest BCUT2D eigenvalue weighted by atomic mass is 10.1. The highest BCUT2D eigenvalue weighted by atomic mass is 19.1. The lowest BCUT2D eigenvalue weighted by molar-refractivity contribution is -0.0629. The fraction of sp³-hybridized carbons (Fsp3) is 0.600. The summed E-state index contributed by atoms with van der Waals surface area (Å²) in [5.41, 5.74) is -2.04. The van der Waals surface area contributed by atoms with Crippen LogP contribution in [0.2, 0.25) is 0 Å². The van der Waals surface area contributed by atoms with Crippen molar-refractivity contribution in [3.05, 3.63) is 32.9 Å². The molecule has 8 nitrogen and oxygen atoms in total. The van der Waals surface area contributed by atoms with Gasteiger partial charge in [0.25, 0.3) is 5.56 Å². The molecule has 0 radical (unpaired) electrons. The predicted molar refractivity (Wildman–Crippen MR) is 59.1 cm³/mol. The van der Waals surface area contributed by atoms with Crippen LogP contribution in [0.1, 0.15) is 6.23 Å². The van der Waals surface area contributed by atoms with Gasteiger partial charge >= 0.3 is 5.69 Å². The number of aliphatic hydroxyl groups is 2. The van der Waals surface area contributed by atoms with E-state index in [9.17, 15) is 19.1 Å². The molecule has 0 unspecified atom stereocenters. The minimum absolute atomic E-state index is 0.488. The van der Waals surface area contributed by atoms with E-state index in [-0.39, 0.29) is 0 Å². The normalized spacial score (nSPS) is 30.7. The molecule has 0 aliphatic carbocycles. The Hall–Kier alpha value is -1.55. The number of hydrogen-bond donors (Lipinski definition) is 3. The predicted octanol–water partition coefficient (Wildman–Crippen LogP) is -2.06. The van der Waals surface area contributed by atoms with Crippen LogP contribution in [0.3, 0.4) is 0 Å². The molecule has 9 heteroatoms. The van der Waals surface area contributed by atoms with E-state index in [1.807, 2.05) is 0 Å². The summed E-state index contributed by atoms with van der Waals surface area (Å²) in [5.74, 6) is -1.17. The van der Waals surface area contributed by atoms with Gasteiger partial charge < -0.3 is 19.7 Å². The van der Waals surface area contributed by atoms with Crippen molar-refractivity contribution in [1.82, 2.24) is 9.55 Å². The number of aromatic amines is 1. The van der Waals surface area contributed by atoms with Gasteiger partial charge in [-0.3, -0.25) is 14.3 Å². The van der Waals surface area contributed by atoms with Crippen molar-refractivity contribution in [2.75, 3.05) is 13.7 Å². The molecule has 19 heavy (non-hydrogen) atoms. The first kappa shape index (κ1) is 13.9. The number of methoxy groups -OCH3 is 1. The molecule has 0 saturated carbocycles. The Balaban J connectivity index is 2.44. The van der Waals surface area contributed by atoms with Crippen LogP contribution in [-0.2, 0) is 9.47 Å². The zero-order chi connectivity index (χ0) is 14.2. The molecule has 3 N–H and O–H groups in total. The largest absolute Gasteiger partial charge is 0.394 e. The zero-order valence-corrected chi connectivity index (χ0v) is 9.95. The second kappa shape index (κ2) is 5.21. The number of rotatable bonds is 3. The quantitative estimate of drug-likeness (QED) is 0.585. The van der Waals surface area contributed by atoms with E-state index >= 15 is 0 Å². The van der Waals surface area contributed by atoms with Gasteiger partial charge in [0.05, 0.1) is 12.8 Å². The molecule has 0 aromatic carbocycles. The zero-order valence-electron chi connectivity index (χ0n) is 9.95. The molecule has 2 heterocycles. The monoisotopic (exact) mass is 276 g/mol. The van der Waals surface area contributed by atoms with Gasteiger partial charge in [0.15, 0.2) is 6.23 Å². The Morgan fingerprint density at radius 3 is 2.84 bits per heavy atom. The SMILES string of the molecule is CO[C@H]1[C@H](O)[C@@H](CO)O[C@H]1n1cc(F)c(=O)[nH]c1=O. The number of aliphatic hydroxyl groups excluding tert-OH is 2. The van der Waals surface area contributed by atoms with Crippen molar-refractivity contribution < 1.29 is 24.1 Å². The molecule has 1 aromatic heterocycles. The number of nitrogens with one attached hydrogen (secondary N) is 1. The standard InChI is InChI=1S/C10H13FN2O6/c1-18-7-6(15)5(3-14)19-9(7)13-2-4(11)8(16)12-10(13)17/h2,5-7,9,14-15H,3H2,1H3,(H,12,16,17)/t5-,6-,7+,9-/m1/s1. The fourth-order valence-corrected chi connectivity index (χ4v) is 2.00. The minimum Gasteiger partial charge on any atom is -0.394 e. The highest BCUT2D eigenvalue weighted by Crippen LogP contribution is 2.30. The number of nitrogens with zero attached hydrogens (tertiary/aromatic N) is 1. The molecule has 106 valence electrons. The van der Waals surface area contributed by atoms with Gasteiger partial charge in [-0.2, -0.15) is 4.39 Å². The molecule has 4 atom stereocenters. The van der Waals surface area contributed by atoms with Crippen molar-refractivity contribution in [2.45, 2.75) is 24.5 Å². The molecular weight excluding hydrogens is 263 g/mol. The van der Waals surface area contributed by atoms with Gasteiger partial charge in [-0.05, 0) is 0 Å². The third-order valence-corrected chi connectivity index (χ3v) is 2.96. The molecule has 1 aromatic rings. The van der Waals surface area contributed by atoms with Gasteiger partial charge in [0.1, 0.15) is 18.3 Å². The molecule has 0 bridgehead atoms. The topological polar surface area (TPSA) is 114 Å². The van der Waals surface area contributed by atoms with Crippen LogP contribution in [0.25, 0.3) is 0 Å². The summed E-state index contributed by atoms with van der Waals surface area (Å²) in [5, 5.41) is 18.8. The molecule has 1 aliphatic heterocycles. The maximum Gasteiger partial charge on any atom is 0.330 e. The number of hydrogen-bond acceptors (Lipinski definition) is 6. The molecule has 0 spiro atoms. The third-order valence-electron chi connectivity index (χ3n) is 2.96. The molecule has 0 amide bonds. The summed E-state index contributed by atoms with van der Waals surface area (Å²) in [6.07, 6.45) is -3.58. The fourth-order valence-electron chi connectivity index (χ4n) is 2.00. The van der Waals surface area contributed by atoms with Crippen molar-refractivity contribution in [3.63, 3.8) is 0 Å². The van der Waals surface area contributed by atoms with Crippen LogP contribution in [-0.4, -0.2) is 51.8 Å². The average Bonchev–Trinajstić information content (AvgIpc) is 2.70. The van der Waals surface area contributed by atoms with Gasteiger partial charge in [0, 0.05) is 7.11 Å². The van der Waals surface area contributed by atoms with E-state index in [0.717, 1.165) is 4.57 Å². The summed E-state index contributed by atoms with van der Waals surface area (Å²) in [6, 6.07) is 0. The van der Waals surface area contributed by atoms with E-state index in [0.29, 0.717) is 6.20 Å². The highest BCUT2D eigenvalue weighted by molar-refractivity contribution is 4.95. The summed E-state index contributed by atoms with van der Waals surface area (Å²) in [4.78, 5) is 24.3. The van der Waals surface area contributed by atoms with Gasteiger partial charge in [-0.1, -0.05) is 0 Å². The van der Waals surface area contributed by atoms with E-state index in [1.54, 1.807) is 4.98 Å². The summed E-state index contributed by atoms with van der Waals surface area (Å²) >= 11 is 0. The maximum atomic E-state index is 13.2. The lowest BCUT2D eigenvalue weighted by Crippen LogP contribution is -2.39.